The maximum atomic E-state index is 13.9. The summed E-state index contributed by atoms with van der Waals surface area (Å²) in [6.45, 7) is 17.1. The van der Waals surface area contributed by atoms with Crippen molar-refractivity contribution < 1.29 is 44.0 Å². The molecule has 0 saturated carbocycles. The first-order valence-corrected chi connectivity index (χ1v) is 24.8. The van der Waals surface area contributed by atoms with Crippen molar-refractivity contribution in [1.29, 1.82) is 0 Å². The van der Waals surface area contributed by atoms with E-state index in [1.165, 1.54) is 36.7 Å². The van der Waals surface area contributed by atoms with Crippen molar-refractivity contribution in [1.82, 2.24) is 4.90 Å². The molecule has 1 heterocycles. The van der Waals surface area contributed by atoms with Gasteiger partial charge in [0.25, 0.3) is 0 Å². The van der Waals surface area contributed by atoms with Crippen LogP contribution in [0, 0.1) is 23.3 Å². The van der Waals surface area contributed by atoms with E-state index in [-0.39, 0.29) is 32.2 Å². The van der Waals surface area contributed by atoms with Gasteiger partial charge < -0.3 is 9.80 Å². The second kappa shape index (κ2) is 27.3. The molecule has 2 aliphatic rings. The fraction of sp³-hybridized carbons (Fsp3) is 0.348. The maximum absolute atomic E-state index is 13.9. The van der Waals surface area contributed by atoms with E-state index >= 15 is 0 Å². The lowest BCUT2D eigenvalue weighted by molar-refractivity contribution is -0.114. The molecule has 344 valence electrons. The highest BCUT2D eigenvalue weighted by Gasteiger charge is 2.30. The fourth-order valence-electron chi connectivity index (χ4n) is 6.75. The number of halogens is 7. The largest absolute Gasteiger partial charge is 0.307 e. The molecule has 0 fully saturated rings. The average molecular weight is 976 g/mol. The molecule has 0 unspecified atom stereocenters. The van der Waals surface area contributed by atoms with E-state index in [4.69, 9.17) is 34.8 Å². The standard InChI is InChI=1S/C19H17F2NO3S.C17H16F2O2S.C6H15N.C3H3ClO.CH2Cl2/c1-2-18(23)22-10-4-6-13-5-3-7-17(19(13)22)26(24,25)12-14-8-9-15(20)11-16(14)21;18-14-9-8-13(16(19)10-14)11-22(20,21)17-7-3-5-12-4-1-2-6-15(12)17;1-4-7(5-2)6-3;1-2-3(4)5;2-1-3/h2-3,5,7-9,11H,1,4,6,10,12H2;3,5,7-10H,1-2,4,6,11H2;4-6H2,1-3H3;2H,1H2;1H2. The Hall–Kier alpha value is -4.05. The van der Waals surface area contributed by atoms with Crippen LogP contribution in [0.5, 0.6) is 0 Å². The summed E-state index contributed by atoms with van der Waals surface area (Å²) in [7, 11) is -7.61. The van der Waals surface area contributed by atoms with Crippen LogP contribution in [0.3, 0.4) is 0 Å². The number of para-hydroxylation sites is 1. The zero-order valence-corrected chi connectivity index (χ0v) is 39.4. The number of alkyl halides is 2. The molecule has 4 aromatic rings. The Morgan fingerprint density at radius 3 is 1.57 bits per heavy atom. The van der Waals surface area contributed by atoms with Crippen LogP contribution in [0.15, 0.2) is 108 Å². The zero-order valence-electron chi connectivity index (χ0n) is 35.5. The molecule has 63 heavy (non-hydrogen) atoms. The number of allylic oxidation sites excluding steroid dienone is 1. The Labute approximate surface area is 384 Å². The van der Waals surface area contributed by atoms with Crippen molar-refractivity contribution in [3.05, 3.63) is 149 Å². The second-order valence-corrected chi connectivity index (χ2v) is 19.0. The Morgan fingerprint density at radius 2 is 1.13 bits per heavy atom. The van der Waals surface area contributed by atoms with Gasteiger partial charge in [-0.25, -0.2) is 34.4 Å². The zero-order chi connectivity index (χ0) is 47.3. The number of nitrogens with zero attached hydrogens (tertiary/aromatic N) is 2. The van der Waals surface area contributed by atoms with Gasteiger partial charge in [0.05, 0.1) is 32.3 Å². The molecule has 1 aliphatic carbocycles. The minimum absolute atomic E-state index is 0.00480. The van der Waals surface area contributed by atoms with E-state index in [1.807, 2.05) is 6.07 Å². The first-order chi connectivity index (χ1) is 29.8. The van der Waals surface area contributed by atoms with E-state index in [1.54, 1.807) is 24.3 Å². The van der Waals surface area contributed by atoms with Gasteiger partial charge in [-0.2, -0.15) is 0 Å². The van der Waals surface area contributed by atoms with Crippen molar-refractivity contribution in [3.8, 4) is 0 Å². The molecule has 0 aromatic heterocycles. The minimum Gasteiger partial charge on any atom is -0.307 e. The van der Waals surface area contributed by atoms with Gasteiger partial charge in [0.15, 0.2) is 19.7 Å². The van der Waals surface area contributed by atoms with Crippen molar-refractivity contribution in [2.75, 3.05) is 36.4 Å². The van der Waals surface area contributed by atoms with Gasteiger partial charge in [0.2, 0.25) is 11.1 Å². The number of amides is 1. The van der Waals surface area contributed by atoms with Gasteiger partial charge in [-0.3, -0.25) is 9.59 Å². The summed E-state index contributed by atoms with van der Waals surface area (Å²) in [4.78, 5) is 25.6. The number of benzene rings is 4. The molecule has 0 radical (unpaired) electrons. The topological polar surface area (TPSA) is 109 Å². The van der Waals surface area contributed by atoms with Gasteiger partial charge >= 0.3 is 0 Å². The van der Waals surface area contributed by atoms with E-state index in [2.05, 4.69) is 38.8 Å². The maximum Gasteiger partial charge on any atom is 0.250 e. The van der Waals surface area contributed by atoms with Gasteiger partial charge in [0, 0.05) is 29.8 Å². The van der Waals surface area contributed by atoms with Crippen LogP contribution in [0.25, 0.3) is 0 Å². The Balaban J connectivity index is 0.000000331. The molecule has 17 heteroatoms. The lowest BCUT2D eigenvalue weighted by Gasteiger charge is -2.30. The Kier molecular flexibility index (Phi) is 23.9. The van der Waals surface area contributed by atoms with E-state index < -0.39 is 59.7 Å². The number of carbonyl (C=O) groups excluding carboxylic acids is 2. The van der Waals surface area contributed by atoms with Crippen molar-refractivity contribution in [2.45, 2.75) is 80.6 Å². The summed E-state index contributed by atoms with van der Waals surface area (Å²) in [6, 6.07) is 15.8. The summed E-state index contributed by atoms with van der Waals surface area (Å²) >= 11 is 14.2. The molecule has 1 aliphatic heterocycles. The summed E-state index contributed by atoms with van der Waals surface area (Å²) in [5, 5.41) is -0.315. The summed E-state index contributed by atoms with van der Waals surface area (Å²) < 4.78 is 105. The highest BCUT2D eigenvalue weighted by Crippen LogP contribution is 2.36. The summed E-state index contributed by atoms with van der Waals surface area (Å²) in [5.41, 5.74) is 2.86. The lowest BCUT2D eigenvalue weighted by Crippen LogP contribution is -2.35. The smallest absolute Gasteiger partial charge is 0.250 e. The number of hydrogen-bond donors (Lipinski definition) is 0. The molecule has 4 aromatic carbocycles. The normalized spacial score (nSPS) is 12.8. The van der Waals surface area contributed by atoms with Gasteiger partial charge in [-0.1, -0.05) is 70.3 Å². The first-order valence-electron chi connectivity index (χ1n) is 20.0. The highest BCUT2D eigenvalue weighted by molar-refractivity contribution is 7.91. The third-order valence-electron chi connectivity index (χ3n) is 9.87. The van der Waals surface area contributed by atoms with Crippen molar-refractivity contribution in [2.24, 2.45) is 0 Å². The van der Waals surface area contributed by atoms with Crippen molar-refractivity contribution >= 4 is 71.3 Å². The Morgan fingerprint density at radius 1 is 0.683 bits per heavy atom. The highest BCUT2D eigenvalue weighted by atomic mass is 35.5. The molecule has 0 N–H and O–H groups in total. The number of aryl methyl sites for hydroxylation is 2. The van der Waals surface area contributed by atoms with E-state index in [0.29, 0.717) is 37.2 Å². The fourth-order valence-corrected chi connectivity index (χ4v) is 10.1. The second-order valence-electron chi connectivity index (χ2n) is 13.9. The van der Waals surface area contributed by atoms with Crippen LogP contribution in [0.1, 0.15) is 67.9 Å². The number of anilines is 1. The van der Waals surface area contributed by atoms with Crippen LogP contribution >= 0.6 is 34.8 Å². The molecule has 6 rings (SSSR count). The minimum atomic E-state index is -3.96. The quantitative estimate of drug-likeness (QED) is 0.0637. The number of carbonyl (C=O) groups is 2. The van der Waals surface area contributed by atoms with Crippen LogP contribution in [0.4, 0.5) is 23.2 Å². The number of hydrogen-bond acceptors (Lipinski definition) is 7. The predicted molar refractivity (Wildman–Crippen MR) is 246 cm³/mol. The molecule has 8 nitrogen and oxygen atoms in total. The van der Waals surface area contributed by atoms with Crippen LogP contribution in [0.2, 0.25) is 0 Å². The lowest BCUT2D eigenvalue weighted by atomic mass is 9.92. The third kappa shape index (κ3) is 17.1. The molecule has 1 amide bonds. The number of rotatable bonds is 11. The van der Waals surface area contributed by atoms with Gasteiger partial charge in [0.1, 0.15) is 23.3 Å². The van der Waals surface area contributed by atoms with Crippen molar-refractivity contribution in [3.63, 3.8) is 0 Å². The summed E-state index contributed by atoms with van der Waals surface area (Å²) in [6.07, 6.45) is 7.17. The first kappa shape index (κ1) is 55.1. The number of sulfone groups is 2. The third-order valence-corrected chi connectivity index (χ3v) is 13.5. The molecular formula is C46H53Cl3F4N2O6S2. The van der Waals surface area contributed by atoms with Gasteiger partial charge in [-0.15, -0.1) is 23.2 Å². The summed E-state index contributed by atoms with van der Waals surface area (Å²) in [5.74, 6) is -4.69. The van der Waals surface area contributed by atoms with Crippen LogP contribution in [-0.2, 0) is 60.0 Å². The molecular weight excluding hydrogens is 923 g/mol. The monoisotopic (exact) mass is 974 g/mol. The molecule has 0 spiro atoms. The van der Waals surface area contributed by atoms with Crippen LogP contribution in [-0.4, -0.2) is 64.4 Å². The van der Waals surface area contributed by atoms with E-state index in [9.17, 15) is 44.0 Å². The average Bonchev–Trinajstić information content (AvgIpc) is 3.26. The number of fused-ring (bicyclic) bond motifs is 2. The van der Waals surface area contributed by atoms with Gasteiger partial charge in [-0.05, 0) is 123 Å². The Bertz CT molecular complexity index is 2390. The molecule has 0 bridgehead atoms. The predicted octanol–water partition coefficient (Wildman–Crippen LogP) is 10.9. The van der Waals surface area contributed by atoms with E-state index in [0.717, 1.165) is 72.7 Å². The van der Waals surface area contributed by atoms with Crippen LogP contribution < -0.4 is 4.90 Å². The SMILES string of the molecule is C=CC(=O)Cl.C=CC(=O)N1CCCc2cccc(S(=O)(=O)Cc3ccc(F)cc3F)c21.CCN(CC)CC.ClCCl.O=S(=O)(Cc1ccc(F)cc1F)c1cccc2c1CCCC2. The molecule has 0 saturated heterocycles. The molecule has 0 atom stereocenters.